The number of halogens is 1. The van der Waals surface area contributed by atoms with Crippen molar-refractivity contribution in [2.24, 2.45) is 5.84 Å². The van der Waals surface area contributed by atoms with Crippen LogP contribution in [0.1, 0.15) is 5.56 Å². The number of nitrogens with two attached hydrogens (primary N) is 1. The molecule has 2 rings (SSSR count). The van der Waals surface area contributed by atoms with E-state index in [4.69, 9.17) is 22.2 Å². The Morgan fingerprint density at radius 3 is 2.40 bits per heavy atom. The summed E-state index contributed by atoms with van der Waals surface area (Å²) in [6.07, 6.45) is 0. The lowest BCUT2D eigenvalue weighted by atomic mass is 10.2. The number of ether oxygens (including phenoxy) is 1. The SMILES string of the molecule is COc1ccc(N(CC(=O)NN)S(=O)(=O)c2ccc(C)cc2)cc1Cl. The van der Waals surface area contributed by atoms with Gasteiger partial charge in [0.1, 0.15) is 12.3 Å². The fourth-order valence-corrected chi connectivity index (χ4v) is 3.80. The van der Waals surface area contributed by atoms with E-state index in [0.29, 0.717) is 5.75 Å². The molecule has 0 heterocycles. The van der Waals surface area contributed by atoms with Gasteiger partial charge in [-0.2, -0.15) is 0 Å². The Kier molecular flexibility index (Phi) is 5.89. The molecule has 0 aromatic heterocycles. The van der Waals surface area contributed by atoms with Gasteiger partial charge in [-0.25, -0.2) is 14.3 Å². The summed E-state index contributed by atoms with van der Waals surface area (Å²) in [6, 6.07) is 10.7. The molecule has 0 saturated carbocycles. The third kappa shape index (κ3) is 4.22. The van der Waals surface area contributed by atoms with Gasteiger partial charge in [-0.05, 0) is 37.3 Å². The maximum absolute atomic E-state index is 13.0. The number of sulfonamides is 1. The predicted molar refractivity (Wildman–Crippen MR) is 96.0 cm³/mol. The van der Waals surface area contributed by atoms with Crippen molar-refractivity contribution in [3.05, 3.63) is 53.1 Å². The van der Waals surface area contributed by atoms with Crippen LogP contribution in [0.4, 0.5) is 5.69 Å². The smallest absolute Gasteiger partial charge is 0.264 e. The largest absolute Gasteiger partial charge is 0.495 e. The number of nitrogens with one attached hydrogen (secondary N) is 1. The topological polar surface area (TPSA) is 102 Å². The monoisotopic (exact) mass is 383 g/mol. The molecule has 0 atom stereocenters. The quantitative estimate of drug-likeness (QED) is 0.450. The van der Waals surface area contributed by atoms with E-state index in [-0.39, 0.29) is 15.6 Å². The molecule has 0 aliphatic heterocycles. The number of carbonyl (C=O) groups is 1. The van der Waals surface area contributed by atoms with Crippen molar-refractivity contribution >= 4 is 33.2 Å². The molecule has 134 valence electrons. The van der Waals surface area contributed by atoms with E-state index in [1.54, 1.807) is 12.1 Å². The van der Waals surface area contributed by atoms with E-state index < -0.39 is 22.5 Å². The van der Waals surface area contributed by atoms with E-state index in [2.05, 4.69) is 0 Å². The summed E-state index contributed by atoms with van der Waals surface area (Å²) in [4.78, 5) is 11.8. The first-order valence-corrected chi connectivity index (χ1v) is 9.04. The molecule has 0 aliphatic carbocycles. The molecule has 2 aromatic carbocycles. The lowest BCUT2D eigenvalue weighted by Crippen LogP contribution is -2.43. The number of rotatable bonds is 6. The van der Waals surface area contributed by atoms with Crippen LogP contribution in [0.25, 0.3) is 0 Å². The lowest BCUT2D eigenvalue weighted by molar-refractivity contribution is -0.119. The number of carbonyl (C=O) groups excluding carboxylic acids is 1. The Morgan fingerprint density at radius 1 is 1.24 bits per heavy atom. The Bertz CT molecular complexity index is 869. The van der Waals surface area contributed by atoms with Crippen molar-refractivity contribution < 1.29 is 17.9 Å². The van der Waals surface area contributed by atoms with Gasteiger partial charge in [0, 0.05) is 0 Å². The first kappa shape index (κ1) is 19.0. The number of amides is 1. The minimum absolute atomic E-state index is 0.0508. The van der Waals surface area contributed by atoms with Crippen molar-refractivity contribution in [2.75, 3.05) is 18.0 Å². The number of nitrogens with zero attached hydrogens (tertiary/aromatic N) is 1. The summed E-state index contributed by atoms with van der Waals surface area (Å²) < 4.78 is 32.0. The second kappa shape index (κ2) is 7.73. The lowest BCUT2D eigenvalue weighted by Gasteiger charge is -2.24. The van der Waals surface area contributed by atoms with E-state index in [1.807, 2.05) is 12.3 Å². The first-order valence-electron chi connectivity index (χ1n) is 7.22. The van der Waals surface area contributed by atoms with Gasteiger partial charge in [0.2, 0.25) is 0 Å². The molecule has 0 unspecified atom stereocenters. The summed E-state index contributed by atoms with van der Waals surface area (Å²) in [6.45, 7) is 1.36. The Labute approximate surface area is 151 Å². The summed E-state index contributed by atoms with van der Waals surface area (Å²) in [7, 11) is -2.55. The van der Waals surface area contributed by atoms with Crippen molar-refractivity contribution in [1.29, 1.82) is 0 Å². The van der Waals surface area contributed by atoms with E-state index >= 15 is 0 Å². The molecule has 2 aromatic rings. The highest BCUT2D eigenvalue weighted by Crippen LogP contribution is 2.31. The van der Waals surface area contributed by atoms with E-state index in [9.17, 15) is 13.2 Å². The maximum Gasteiger partial charge on any atom is 0.264 e. The molecule has 1 amide bonds. The van der Waals surface area contributed by atoms with Crippen LogP contribution in [-0.2, 0) is 14.8 Å². The van der Waals surface area contributed by atoms with Gasteiger partial charge in [0.05, 0.1) is 22.7 Å². The van der Waals surface area contributed by atoms with Crippen LogP contribution >= 0.6 is 11.6 Å². The number of benzene rings is 2. The van der Waals surface area contributed by atoms with Crippen LogP contribution in [0.15, 0.2) is 47.4 Å². The van der Waals surface area contributed by atoms with Gasteiger partial charge in [-0.15, -0.1) is 0 Å². The van der Waals surface area contributed by atoms with Crippen molar-refractivity contribution in [1.82, 2.24) is 5.43 Å². The highest BCUT2D eigenvalue weighted by Gasteiger charge is 2.27. The number of methoxy groups -OCH3 is 1. The average molecular weight is 384 g/mol. The van der Waals surface area contributed by atoms with Crippen LogP contribution in [0, 0.1) is 6.92 Å². The fourth-order valence-electron chi connectivity index (χ4n) is 2.14. The van der Waals surface area contributed by atoms with Crippen molar-refractivity contribution in [3.8, 4) is 5.75 Å². The molecular weight excluding hydrogens is 366 g/mol. The Balaban J connectivity index is 2.53. The molecule has 25 heavy (non-hydrogen) atoms. The Hall–Kier alpha value is -2.29. The number of hydrogen-bond donors (Lipinski definition) is 2. The first-order chi connectivity index (χ1) is 11.8. The molecule has 0 fully saturated rings. The highest BCUT2D eigenvalue weighted by molar-refractivity contribution is 7.92. The molecule has 9 heteroatoms. The molecule has 0 aliphatic rings. The van der Waals surface area contributed by atoms with Gasteiger partial charge in [-0.3, -0.25) is 14.5 Å². The van der Waals surface area contributed by atoms with E-state index in [1.165, 1.54) is 37.4 Å². The van der Waals surface area contributed by atoms with Crippen molar-refractivity contribution in [2.45, 2.75) is 11.8 Å². The normalized spacial score (nSPS) is 11.0. The molecule has 3 N–H and O–H groups in total. The minimum atomic E-state index is -3.99. The molecule has 0 saturated heterocycles. The third-order valence-electron chi connectivity index (χ3n) is 3.48. The Morgan fingerprint density at radius 2 is 1.88 bits per heavy atom. The molecule has 0 spiro atoms. The second-order valence-electron chi connectivity index (χ2n) is 5.21. The van der Waals surface area contributed by atoms with Gasteiger partial charge >= 0.3 is 0 Å². The van der Waals surface area contributed by atoms with Gasteiger partial charge < -0.3 is 4.74 Å². The summed E-state index contributed by atoms with van der Waals surface area (Å²) >= 11 is 6.09. The fraction of sp³-hybridized carbons (Fsp3) is 0.188. The zero-order valence-corrected chi connectivity index (χ0v) is 15.3. The van der Waals surface area contributed by atoms with Gasteiger partial charge in [-0.1, -0.05) is 29.3 Å². The van der Waals surface area contributed by atoms with Gasteiger partial charge in [0.15, 0.2) is 0 Å². The molecule has 0 radical (unpaired) electrons. The van der Waals surface area contributed by atoms with Gasteiger partial charge in [0.25, 0.3) is 15.9 Å². The minimum Gasteiger partial charge on any atom is -0.495 e. The number of aryl methyl sites for hydroxylation is 1. The van der Waals surface area contributed by atoms with Crippen molar-refractivity contribution in [3.63, 3.8) is 0 Å². The molecular formula is C16H18ClN3O4S. The standard InChI is InChI=1S/C16H18ClN3O4S/c1-11-3-6-13(7-4-11)25(22,23)20(10-16(21)19-18)12-5-8-15(24-2)14(17)9-12/h3-9H,10,18H2,1-2H3,(H,19,21). The number of anilines is 1. The average Bonchev–Trinajstić information content (AvgIpc) is 2.59. The predicted octanol–water partition coefficient (Wildman–Crippen LogP) is 1.84. The zero-order valence-electron chi connectivity index (χ0n) is 13.7. The second-order valence-corrected chi connectivity index (χ2v) is 7.48. The van der Waals surface area contributed by atoms with Crippen LogP contribution in [0.5, 0.6) is 5.75 Å². The van der Waals surface area contributed by atoms with Crippen LogP contribution in [-0.4, -0.2) is 28.0 Å². The van der Waals surface area contributed by atoms with Crippen LogP contribution in [0.2, 0.25) is 5.02 Å². The zero-order chi connectivity index (χ0) is 18.6. The number of hydrogen-bond acceptors (Lipinski definition) is 5. The molecule has 0 bridgehead atoms. The van der Waals surface area contributed by atoms with Crippen LogP contribution in [0.3, 0.4) is 0 Å². The van der Waals surface area contributed by atoms with Crippen LogP contribution < -0.4 is 20.3 Å². The molecule has 7 nitrogen and oxygen atoms in total. The highest BCUT2D eigenvalue weighted by atomic mass is 35.5. The summed E-state index contributed by atoms with van der Waals surface area (Å²) in [5, 5.41) is 0.220. The summed E-state index contributed by atoms with van der Waals surface area (Å²) in [5.41, 5.74) is 3.06. The number of hydrazine groups is 1. The summed E-state index contributed by atoms with van der Waals surface area (Å²) in [5.74, 6) is 4.83. The van der Waals surface area contributed by atoms with E-state index in [0.717, 1.165) is 9.87 Å². The third-order valence-corrected chi connectivity index (χ3v) is 5.56. The maximum atomic E-state index is 13.0.